The van der Waals surface area contributed by atoms with Gasteiger partial charge in [0.15, 0.2) is 5.11 Å². The van der Waals surface area contributed by atoms with E-state index < -0.39 is 4.92 Å². The van der Waals surface area contributed by atoms with E-state index in [9.17, 15) is 10.1 Å². The number of thiocarbonyl (C=S) groups is 1. The fourth-order valence-electron chi connectivity index (χ4n) is 2.29. The maximum atomic E-state index is 11.2. The molecule has 0 aliphatic carbocycles. The van der Waals surface area contributed by atoms with Crippen LogP contribution in [0.4, 0.5) is 11.4 Å². The van der Waals surface area contributed by atoms with Crippen molar-refractivity contribution in [2.45, 2.75) is 0 Å². The molecule has 0 fully saturated rings. The summed E-state index contributed by atoms with van der Waals surface area (Å²) in [6.45, 7) is 0. The summed E-state index contributed by atoms with van der Waals surface area (Å²) in [5, 5.41) is 19.0. The number of fused-ring (bicyclic) bond motifs is 1. The highest BCUT2D eigenvalue weighted by molar-refractivity contribution is 7.80. The smallest absolute Gasteiger partial charge is 0.279 e. The third-order valence-corrected chi connectivity index (χ3v) is 3.51. The first-order valence-corrected chi connectivity index (χ1v) is 7.45. The summed E-state index contributed by atoms with van der Waals surface area (Å²) in [7, 11) is 0. The van der Waals surface area contributed by atoms with Crippen molar-refractivity contribution in [1.82, 2.24) is 10.4 Å². The molecule has 0 saturated carbocycles. The molecule has 0 radical (unpaired) electrons. The van der Waals surface area contributed by atoms with Gasteiger partial charge in [-0.05, 0) is 30.4 Å². The van der Waals surface area contributed by atoms with Gasteiger partial charge in [0.2, 0.25) is 0 Å². The van der Waals surface area contributed by atoms with Crippen LogP contribution in [-0.2, 0) is 0 Å². The number of rotatable bonds is 4. The van der Waals surface area contributed by atoms with Gasteiger partial charge in [-0.3, -0.25) is 15.5 Å². The molecule has 1 heterocycles. The lowest BCUT2D eigenvalue weighted by Crippen LogP contribution is -2.23. The Morgan fingerprint density at radius 2 is 2.00 bits per heavy atom. The molecule has 1 aromatic heterocycles. The number of hydrogen-bond donors (Lipinski definition) is 3. The third-order valence-electron chi connectivity index (χ3n) is 3.31. The molecule has 2 aromatic carbocycles. The summed E-state index contributed by atoms with van der Waals surface area (Å²) >= 11 is 5.14. The molecule has 3 rings (SSSR count). The number of nitro groups is 1. The molecule has 0 saturated heterocycles. The second-order valence-corrected chi connectivity index (χ2v) is 5.30. The summed E-state index contributed by atoms with van der Waals surface area (Å²) in [5.41, 5.74) is 4.84. The lowest BCUT2D eigenvalue weighted by atomic mass is 10.1. The van der Waals surface area contributed by atoms with E-state index in [1.54, 1.807) is 18.3 Å². The molecule has 0 aliphatic rings. The summed E-state index contributed by atoms with van der Waals surface area (Å²) in [6.07, 6.45) is 3.15. The number of hydrazone groups is 1. The van der Waals surface area contributed by atoms with Gasteiger partial charge in [-0.15, -0.1) is 0 Å². The van der Waals surface area contributed by atoms with Crippen molar-refractivity contribution < 1.29 is 4.92 Å². The van der Waals surface area contributed by atoms with Crippen LogP contribution in [0.1, 0.15) is 5.56 Å². The number of nitrogens with zero attached hydrogens (tertiary/aromatic N) is 2. The summed E-state index contributed by atoms with van der Waals surface area (Å²) in [6, 6.07) is 14.3. The molecular weight excluding hydrogens is 326 g/mol. The summed E-state index contributed by atoms with van der Waals surface area (Å²) in [4.78, 5) is 13.7. The second kappa shape index (κ2) is 6.88. The lowest BCUT2D eigenvalue weighted by molar-refractivity contribution is -0.383. The van der Waals surface area contributed by atoms with E-state index in [2.05, 4.69) is 20.8 Å². The molecule has 3 N–H and O–H groups in total. The van der Waals surface area contributed by atoms with Crippen LogP contribution in [0.15, 0.2) is 59.8 Å². The van der Waals surface area contributed by atoms with Crippen molar-refractivity contribution >= 4 is 45.8 Å². The second-order valence-electron chi connectivity index (χ2n) is 4.89. The number of aromatic amines is 1. The Kier molecular flexibility index (Phi) is 4.48. The number of benzene rings is 2. The Balaban J connectivity index is 1.74. The standard InChI is InChI=1S/C16H13N5O2S/c22-21(23)14-8-4-7-13-15(14)11(9-17-13)10-18-20-16(24)19-12-5-2-1-3-6-12/h1-10,17H,(H2,19,20,24)/b18-10+. The Bertz CT molecular complexity index is 921. The van der Waals surface area contributed by atoms with Crippen molar-refractivity contribution in [3.05, 3.63) is 70.4 Å². The van der Waals surface area contributed by atoms with E-state index in [-0.39, 0.29) is 5.69 Å². The zero-order chi connectivity index (χ0) is 16.9. The van der Waals surface area contributed by atoms with Crippen LogP contribution in [0.5, 0.6) is 0 Å². The molecule has 0 atom stereocenters. The molecule has 120 valence electrons. The monoisotopic (exact) mass is 339 g/mol. The molecule has 24 heavy (non-hydrogen) atoms. The first-order chi connectivity index (χ1) is 11.6. The summed E-state index contributed by atoms with van der Waals surface area (Å²) in [5.74, 6) is 0. The quantitative estimate of drug-likeness (QED) is 0.293. The highest BCUT2D eigenvalue weighted by Gasteiger charge is 2.15. The van der Waals surface area contributed by atoms with Crippen LogP contribution in [0, 0.1) is 10.1 Å². The highest BCUT2D eigenvalue weighted by atomic mass is 32.1. The van der Waals surface area contributed by atoms with Crippen LogP contribution in [0.25, 0.3) is 10.9 Å². The number of aromatic nitrogens is 1. The van der Waals surface area contributed by atoms with Gasteiger partial charge in [-0.1, -0.05) is 24.3 Å². The van der Waals surface area contributed by atoms with Crippen molar-refractivity contribution in [3.63, 3.8) is 0 Å². The van der Waals surface area contributed by atoms with Gasteiger partial charge in [0, 0.05) is 23.5 Å². The fraction of sp³-hybridized carbons (Fsp3) is 0. The largest absolute Gasteiger partial charge is 0.360 e. The Labute approximate surface area is 142 Å². The van der Waals surface area contributed by atoms with E-state index in [0.29, 0.717) is 21.6 Å². The molecular formula is C16H13N5O2S. The van der Waals surface area contributed by atoms with Crippen LogP contribution in [0.2, 0.25) is 0 Å². The van der Waals surface area contributed by atoms with Gasteiger partial charge >= 0.3 is 0 Å². The molecule has 3 aromatic rings. The number of H-pyrrole nitrogens is 1. The maximum Gasteiger partial charge on any atom is 0.279 e. The number of non-ortho nitro benzene ring substituents is 1. The number of hydrogen-bond acceptors (Lipinski definition) is 4. The number of nitro benzene ring substituents is 1. The van der Waals surface area contributed by atoms with Gasteiger partial charge in [-0.25, -0.2) is 0 Å². The van der Waals surface area contributed by atoms with Crippen LogP contribution in [-0.4, -0.2) is 21.2 Å². The van der Waals surface area contributed by atoms with E-state index in [4.69, 9.17) is 12.2 Å². The Morgan fingerprint density at radius 3 is 2.75 bits per heavy atom. The molecule has 7 nitrogen and oxygen atoms in total. The Hall–Kier alpha value is -3.26. The third kappa shape index (κ3) is 3.39. The first kappa shape index (κ1) is 15.6. The van der Waals surface area contributed by atoms with E-state index in [1.807, 2.05) is 30.3 Å². The number of anilines is 1. The predicted octanol–water partition coefficient (Wildman–Crippen LogP) is 3.40. The number of nitrogens with one attached hydrogen (secondary N) is 3. The van der Waals surface area contributed by atoms with E-state index in [0.717, 1.165) is 5.69 Å². The Morgan fingerprint density at radius 1 is 1.21 bits per heavy atom. The predicted molar refractivity (Wildman–Crippen MR) is 98.3 cm³/mol. The zero-order valence-corrected chi connectivity index (χ0v) is 13.2. The van der Waals surface area contributed by atoms with Crippen LogP contribution >= 0.6 is 12.2 Å². The van der Waals surface area contributed by atoms with E-state index >= 15 is 0 Å². The minimum Gasteiger partial charge on any atom is -0.360 e. The molecule has 8 heteroatoms. The molecule has 0 aliphatic heterocycles. The maximum absolute atomic E-state index is 11.2. The van der Waals surface area contributed by atoms with Crippen LogP contribution < -0.4 is 10.7 Å². The SMILES string of the molecule is O=[N+]([O-])c1cccc2[nH]cc(/C=N/NC(=S)Nc3ccccc3)c12. The first-order valence-electron chi connectivity index (χ1n) is 7.05. The number of para-hydroxylation sites is 1. The van der Waals surface area contributed by atoms with Gasteiger partial charge in [0.1, 0.15) is 0 Å². The van der Waals surface area contributed by atoms with Crippen molar-refractivity contribution in [2.75, 3.05) is 5.32 Å². The summed E-state index contributed by atoms with van der Waals surface area (Å²) < 4.78 is 0. The van der Waals surface area contributed by atoms with Gasteiger partial charge in [0.05, 0.1) is 22.0 Å². The van der Waals surface area contributed by atoms with Gasteiger partial charge < -0.3 is 10.3 Å². The lowest BCUT2D eigenvalue weighted by Gasteiger charge is -2.05. The van der Waals surface area contributed by atoms with Crippen molar-refractivity contribution in [2.24, 2.45) is 5.10 Å². The van der Waals surface area contributed by atoms with Gasteiger partial charge in [0.25, 0.3) is 5.69 Å². The van der Waals surface area contributed by atoms with Gasteiger partial charge in [-0.2, -0.15) is 5.10 Å². The molecule has 0 bridgehead atoms. The molecule has 0 unspecified atom stereocenters. The normalized spacial score (nSPS) is 10.8. The minimum absolute atomic E-state index is 0.0280. The van der Waals surface area contributed by atoms with Crippen molar-refractivity contribution in [1.29, 1.82) is 0 Å². The highest BCUT2D eigenvalue weighted by Crippen LogP contribution is 2.27. The topological polar surface area (TPSA) is 95.3 Å². The molecule has 0 amide bonds. The van der Waals surface area contributed by atoms with E-state index in [1.165, 1.54) is 12.3 Å². The van der Waals surface area contributed by atoms with Crippen LogP contribution in [0.3, 0.4) is 0 Å². The average Bonchev–Trinajstić information content (AvgIpc) is 2.99. The minimum atomic E-state index is -0.414. The molecule has 0 spiro atoms. The zero-order valence-electron chi connectivity index (χ0n) is 12.4. The fourth-order valence-corrected chi connectivity index (χ4v) is 2.46. The average molecular weight is 339 g/mol. The van der Waals surface area contributed by atoms with Crippen molar-refractivity contribution in [3.8, 4) is 0 Å².